The second kappa shape index (κ2) is 8.35. The summed E-state index contributed by atoms with van der Waals surface area (Å²) in [6.45, 7) is 3.91. The Morgan fingerprint density at radius 3 is 3.18 bits per heavy atom. The third-order valence-corrected chi connectivity index (χ3v) is 4.48. The molecule has 8 nitrogen and oxygen atoms in total. The van der Waals surface area contributed by atoms with Gasteiger partial charge in [-0.15, -0.1) is 5.10 Å². The van der Waals surface area contributed by atoms with Crippen LogP contribution in [-0.4, -0.2) is 58.9 Å². The number of amides is 1. The molecule has 1 aliphatic rings. The van der Waals surface area contributed by atoms with Gasteiger partial charge in [0.15, 0.2) is 5.16 Å². The average Bonchev–Trinajstić information content (AvgIpc) is 3.12. The minimum atomic E-state index is -0.352. The first-order valence-electron chi connectivity index (χ1n) is 7.32. The lowest BCUT2D eigenvalue weighted by Crippen LogP contribution is -2.33. The zero-order chi connectivity index (χ0) is 15.9. The second-order valence-electron chi connectivity index (χ2n) is 5.10. The SMILES string of the molecule is COCCNC(=O)[C@H](C)Sc1n[nH]c(=O)n1C[C@H]1CCCO1. The molecule has 1 amide bonds. The van der Waals surface area contributed by atoms with Gasteiger partial charge in [-0.1, -0.05) is 11.8 Å². The molecule has 22 heavy (non-hydrogen) atoms. The Morgan fingerprint density at radius 1 is 1.68 bits per heavy atom. The van der Waals surface area contributed by atoms with Crippen molar-refractivity contribution >= 4 is 17.7 Å². The first kappa shape index (κ1) is 17.0. The first-order chi connectivity index (χ1) is 10.6. The van der Waals surface area contributed by atoms with E-state index in [0.717, 1.165) is 19.4 Å². The molecule has 0 aliphatic carbocycles. The summed E-state index contributed by atoms with van der Waals surface area (Å²) in [5, 5.41) is 9.37. The van der Waals surface area contributed by atoms with Gasteiger partial charge in [-0.25, -0.2) is 9.89 Å². The van der Waals surface area contributed by atoms with Crippen molar-refractivity contribution in [2.24, 2.45) is 0 Å². The monoisotopic (exact) mass is 330 g/mol. The number of hydrogen-bond donors (Lipinski definition) is 2. The summed E-state index contributed by atoms with van der Waals surface area (Å²) >= 11 is 1.25. The lowest BCUT2D eigenvalue weighted by molar-refractivity contribution is -0.120. The number of methoxy groups -OCH3 is 1. The Labute approximate surface area is 132 Å². The predicted molar refractivity (Wildman–Crippen MR) is 82.0 cm³/mol. The van der Waals surface area contributed by atoms with Gasteiger partial charge < -0.3 is 14.8 Å². The fraction of sp³-hybridized carbons (Fsp3) is 0.769. The minimum Gasteiger partial charge on any atom is -0.383 e. The molecule has 9 heteroatoms. The summed E-state index contributed by atoms with van der Waals surface area (Å²) in [5.41, 5.74) is -0.273. The van der Waals surface area contributed by atoms with Crippen molar-refractivity contribution in [1.82, 2.24) is 20.1 Å². The van der Waals surface area contributed by atoms with Crippen molar-refractivity contribution in [3.8, 4) is 0 Å². The highest BCUT2D eigenvalue weighted by molar-refractivity contribution is 8.00. The molecular weight excluding hydrogens is 308 g/mol. The maximum Gasteiger partial charge on any atom is 0.344 e. The molecule has 0 saturated carbocycles. The molecule has 0 bridgehead atoms. The van der Waals surface area contributed by atoms with E-state index in [-0.39, 0.29) is 23.0 Å². The first-order valence-corrected chi connectivity index (χ1v) is 8.20. The van der Waals surface area contributed by atoms with Gasteiger partial charge in [-0.05, 0) is 19.8 Å². The van der Waals surface area contributed by atoms with Crippen LogP contribution in [-0.2, 0) is 20.8 Å². The van der Waals surface area contributed by atoms with Crippen LogP contribution >= 0.6 is 11.8 Å². The van der Waals surface area contributed by atoms with Crippen LogP contribution in [0.1, 0.15) is 19.8 Å². The quantitative estimate of drug-likeness (QED) is 0.514. The Bertz CT molecular complexity index is 538. The molecular formula is C13H22N4O4S. The van der Waals surface area contributed by atoms with Crippen molar-refractivity contribution in [2.75, 3.05) is 26.9 Å². The molecule has 0 radical (unpaired) electrons. The third-order valence-electron chi connectivity index (χ3n) is 3.39. The van der Waals surface area contributed by atoms with Crippen molar-refractivity contribution in [2.45, 2.75) is 42.8 Å². The molecule has 2 N–H and O–H groups in total. The molecule has 2 atom stereocenters. The molecule has 0 spiro atoms. The van der Waals surface area contributed by atoms with E-state index >= 15 is 0 Å². The molecule has 2 rings (SSSR count). The Morgan fingerprint density at radius 2 is 2.50 bits per heavy atom. The van der Waals surface area contributed by atoms with Crippen LogP contribution in [0, 0.1) is 0 Å². The zero-order valence-corrected chi connectivity index (χ0v) is 13.6. The number of carbonyl (C=O) groups is 1. The van der Waals surface area contributed by atoms with Crippen LogP contribution in [0.3, 0.4) is 0 Å². The van der Waals surface area contributed by atoms with E-state index in [0.29, 0.717) is 24.9 Å². The number of ether oxygens (including phenoxy) is 2. The summed E-state index contributed by atoms with van der Waals surface area (Å²) in [6.07, 6.45) is 1.99. The molecule has 1 aromatic rings. The van der Waals surface area contributed by atoms with Gasteiger partial charge in [0, 0.05) is 20.3 Å². The maximum absolute atomic E-state index is 11.9. The largest absolute Gasteiger partial charge is 0.383 e. The summed E-state index contributed by atoms with van der Waals surface area (Å²) in [6, 6.07) is 0. The number of H-pyrrole nitrogens is 1. The van der Waals surface area contributed by atoms with Crippen LogP contribution in [0.5, 0.6) is 0 Å². The molecule has 0 unspecified atom stereocenters. The normalized spacial score (nSPS) is 19.3. The fourth-order valence-electron chi connectivity index (χ4n) is 2.18. The topological polar surface area (TPSA) is 98.2 Å². The van der Waals surface area contributed by atoms with E-state index in [1.165, 1.54) is 11.8 Å². The number of aromatic nitrogens is 3. The van der Waals surface area contributed by atoms with E-state index < -0.39 is 0 Å². The van der Waals surface area contributed by atoms with Crippen LogP contribution in [0.2, 0.25) is 0 Å². The number of nitrogens with one attached hydrogen (secondary N) is 2. The highest BCUT2D eigenvalue weighted by Gasteiger charge is 2.22. The Hall–Kier alpha value is -1.32. The molecule has 1 aliphatic heterocycles. The van der Waals surface area contributed by atoms with Crippen molar-refractivity contribution in [3.63, 3.8) is 0 Å². The number of thioether (sulfide) groups is 1. The molecule has 2 heterocycles. The van der Waals surface area contributed by atoms with E-state index in [1.807, 2.05) is 0 Å². The maximum atomic E-state index is 11.9. The van der Waals surface area contributed by atoms with Crippen molar-refractivity contribution in [1.29, 1.82) is 0 Å². The lowest BCUT2D eigenvalue weighted by Gasteiger charge is -2.14. The van der Waals surface area contributed by atoms with Crippen LogP contribution in [0.25, 0.3) is 0 Å². The number of hydrogen-bond acceptors (Lipinski definition) is 6. The minimum absolute atomic E-state index is 0.0421. The van der Waals surface area contributed by atoms with Gasteiger partial charge in [0.2, 0.25) is 5.91 Å². The van der Waals surface area contributed by atoms with Crippen molar-refractivity contribution < 1.29 is 14.3 Å². The molecule has 1 fully saturated rings. The third kappa shape index (κ3) is 4.59. The summed E-state index contributed by atoms with van der Waals surface area (Å²) in [5.74, 6) is -0.110. The second-order valence-corrected chi connectivity index (χ2v) is 6.41. The standard InChI is InChI=1S/C13H22N4O4S/c1-9(11(18)14-5-7-20-2)22-13-16-15-12(19)17(13)8-10-4-3-6-21-10/h9-10H,3-8H2,1-2H3,(H,14,18)(H,15,19)/t9-,10+/m0/s1. The Balaban J connectivity index is 1.94. The summed E-state index contributed by atoms with van der Waals surface area (Å²) in [4.78, 5) is 23.8. The molecule has 124 valence electrons. The van der Waals surface area contributed by atoms with Crippen LogP contribution in [0.15, 0.2) is 9.95 Å². The fourth-order valence-corrected chi connectivity index (χ4v) is 3.07. The van der Waals surface area contributed by atoms with Gasteiger partial charge >= 0.3 is 5.69 Å². The average molecular weight is 330 g/mol. The molecule has 1 saturated heterocycles. The van der Waals surface area contributed by atoms with E-state index in [9.17, 15) is 9.59 Å². The van der Waals surface area contributed by atoms with E-state index in [1.54, 1.807) is 18.6 Å². The number of carbonyl (C=O) groups excluding carboxylic acids is 1. The van der Waals surface area contributed by atoms with E-state index in [2.05, 4.69) is 15.5 Å². The van der Waals surface area contributed by atoms with Crippen LogP contribution in [0.4, 0.5) is 0 Å². The highest BCUT2D eigenvalue weighted by atomic mass is 32.2. The van der Waals surface area contributed by atoms with Gasteiger partial charge in [0.1, 0.15) is 0 Å². The molecule has 1 aromatic heterocycles. The lowest BCUT2D eigenvalue weighted by atomic mass is 10.2. The smallest absolute Gasteiger partial charge is 0.344 e. The Kier molecular flexibility index (Phi) is 6.47. The zero-order valence-electron chi connectivity index (χ0n) is 12.8. The van der Waals surface area contributed by atoms with Crippen LogP contribution < -0.4 is 11.0 Å². The predicted octanol–water partition coefficient (Wildman–Crippen LogP) is -0.00640. The van der Waals surface area contributed by atoms with E-state index in [4.69, 9.17) is 9.47 Å². The van der Waals surface area contributed by atoms with Gasteiger partial charge in [0.05, 0.1) is 24.5 Å². The van der Waals surface area contributed by atoms with Gasteiger partial charge in [-0.3, -0.25) is 9.36 Å². The summed E-state index contributed by atoms with van der Waals surface area (Å²) < 4.78 is 12.0. The number of rotatable bonds is 8. The van der Waals surface area contributed by atoms with Gasteiger partial charge in [0.25, 0.3) is 0 Å². The number of aromatic amines is 1. The highest BCUT2D eigenvalue weighted by Crippen LogP contribution is 2.21. The number of nitrogens with zero attached hydrogens (tertiary/aromatic N) is 2. The summed E-state index contributed by atoms with van der Waals surface area (Å²) in [7, 11) is 1.58. The molecule has 0 aromatic carbocycles. The van der Waals surface area contributed by atoms with Gasteiger partial charge in [-0.2, -0.15) is 0 Å². The van der Waals surface area contributed by atoms with Crippen molar-refractivity contribution in [3.05, 3.63) is 10.5 Å².